The van der Waals surface area contributed by atoms with E-state index in [4.69, 9.17) is 0 Å². The third kappa shape index (κ3) is 9.97. The van der Waals surface area contributed by atoms with Crippen LogP contribution in [0.4, 0.5) is 0 Å². The van der Waals surface area contributed by atoms with Crippen LogP contribution < -0.4 is 0 Å². The van der Waals surface area contributed by atoms with E-state index < -0.39 is 14.2 Å². The van der Waals surface area contributed by atoms with Gasteiger partial charge in [-0.15, -0.1) is 0 Å². The van der Waals surface area contributed by atoms with Crippen LogP contribution in [0.3, 0.4) is 0 Å². The van der Waals surface area contributed by atoms with Gasteiger partial charge in [-0.2, -0.15) is 0 Å². The molecular weight excluding hydrogens is 342 g/mol. The summed E-state index contributed by atoms with van der Waals surface area (Å²) in [6.45, 7) is 9.41. The second kappa shape index (κ2) is 13.1. The summed E-state index contributed by atoms with van der Waals surface area (Å²) in [6, 6.07) is 0. The molecule has 0 N–H and O–H groups in total. The van der Waals surface area contributed by atoms with Gasteiger partial charge in [-0.05, 0) is 0 Å². The third-order valence-corrected chi connectivity index (χ3v) is 13.1. The first-order valence-electron chi connectivity index (χ1n) is 8.31. The van der Waals surface area contributed by atoms with E-state index in [0.29, 0.717) is 0 Å². The van der Waals surface area contributed by atoms with Crippen LogP contribution in [-0.2, 0) is 0 Å². The predicted octanol–water partition coefficient (Wildman–Crippen LogP) is 6.81. The summed E-state index contributed by atoms with van der Waals surface area (Å²) < 4.78 is 0. The van der Waals surface area contributed by atoms with Gasteiger partial charge in [0.25, 0.3) is 0 Å². The molecule has 0 amide bonds. The van der Waals surface area contributed by atoms with Crippen LogP contribution in [0.5, 0.6) is 0 Å². The molecule has 2 atom stereocenters. The summed E-state index contributed by atoms with van der Waals surface area (Å²) in [4.78, 5) is 3.15. The van der Waals surface area contributed by atoms with Gasteiger partial charge in [-0.3, -0.25) is 0 Å². The fraction of sp³-hybridized carbons (Fsp3) is 1.00. The minimum absolute atomic E-state index is 1.03. The van der Waals surface area contributed by atoms with Crippen molar-refractivity contribution in [3.8, 4) is 0 Å². The molecule has 0 spiro atoms. The Labute approximate surface area is 128 Å². The molecule has 0 heterocycles. The quantitative estimate of drug-likeness (QED) is 0.329. The van der Waals surface area contributed by atoms with Gasteiger partial charge in [0.15, 0.2) is 0 Å². The molecule has 108 valence electrons. The van der Waals surface area contributed by atoms with Crippen molar-refractivity contribution >= 4 is 27.8 Å². The van der Waals surface area contributed by atoms with E-state index in [1.54, 1.807) is 9.95 Å². The van der Waals surface area contributed by atoms with E-state index in [1.165, 1.54) is 51.4 Å². The molecule has 0 nitrogen and oxygen atoms in total. The zero-order valence-electron chi connectivity index (χ0n) is 13.2. The Balaban J connectivity index is 3.92. The number of halogens is 1. The first kappa shape index (κ1) is 19.1. The zero-order valence-corrected chi connectivity index (χ0v) is 17.2. The molecule has 0 aliphatic rings. The number of hydrogen-bond donors (Lipinski definition) is 0. The van der Waals surface area contributed by atoms with Crippen molar-refractivity contribution < 1.29 is 0 Å². The fourth-order valence-corrected chi connectivity index (χ4v) is 14.1. The van der Waals surface area contributed by atoms with Crippen molar-refractivity contribution in [2.75, 3.05) is 0 Å². The van der Waals surface area contributed by atoms with Gasteiger partial charge in [-0.1, -0.05) is 0 Å². The van der Waals surface area contributed by atoms with Gasteiger partial charge >= 0.3 is 129 Å². The Kier molecular flexibility index (Phi) is 13.9. The molecule has 0 radical (unpaired) electrons. The second-order valence-electron chi connectivity index (χ2n) is 5.90. The van der Waals surface area contributed by atoms with E-state index in [2.05, 4.69) is 41.3 Å². The van der Waals surface area contributed by atoms with Gasteiger partial charge in [0.2, 0.25) is 0 Å². The van der Waals surface area contributed by atoms with Crippen LogP contribution in [0.2, 0.25) is 9.95 Å². The second-order valence-corrected chi connectivity index (χ2v) is 17.1. The van der Waals surface area contributed by atoms with Crippen molar-refractivity contribution in [2.24, 2.45) is 11.8 Å². The molecule has 0 rings (SSSR count). The third-order valence-electron chi connectivity index (χ3n) is 4.26. The molecule has 0 saturated carbocycles. The first-order chi connectivity index (χ1) is 8.67. The maximum atomic E-state index is 4.13. The zero-order chi connectivity index (χ0) is 13.8. The van der Waals surface area contributed by atoms with E-state index in [-0.39, 0.29) is 0 Å². The molecule has 18 heavy (non-hydrogen) atoms. The number of rotatable bonds is 12. The summed E-state index contributed by atoms with van der Waals surface area (Å²) in [5.41, 5.74) is 0. The normalized spacial score (nSPS) is 14.5. The molecule has 2 heteroatoms. The first-order valence-corrected chi connectivity index (χ1v) is 17.4. The number of hydrogen-bond acceptors (Lipinski definition) is 0. The number of unbranched alkanes of at least 4 members (excludes halogenated alkanes) is 2. The SMILES string of the molecule is CCCCC(CC)[CH2][Ga]([Br])[CH2]C(CC)CCCC. The fourth-order valence-electron chi connectivity index (χ4n) is 2.78. The molecule has 2 unspecified atom stereocenters. The van der Waals surface area contributed by atoms with Gasteiger partial charge in [0, 0.05) is 0 Å². The monoisotopic (exact) mass is 374 g/mol. The van der Waals surface area contributed by atoms with Crippen LogP contribution in [0, 0.1) is 11.8 Å². The maximum absolute atomic E-state index is 4.13. The van der Waals surface area contributed by atoms with Crippen molar-refractivity contribution in [3.63, 3.8) is 0 Å². The summed E-state index contributed by atoms with van der Waals surface area (Å²) in [6.07, 6.45) is 11.4. The van der Waals surface area contributed by atoms with Crippen LogP contribution >= 0.6 is 13.6 Å². The topological polar surface area (TPSA) is 0 Å². The molecule has 0 aromatic heterocycles. The molecule has 0 saturated heterocycles. The Morgan fingerprint density at radius 1 is 0.778 bits per heavy atom. The van der Waals surface area contributed by atoms with Crippen LogP contribution in [0.25, 0.3) is 0 Å². The van der Waals surface area contributed by atoms with Crippen LogP contribution in [-0.4, -0.2) is 14.2 Å². The molecule has 0 bridgehead atoms. The van der Waals surface area contributed by atoms with Crippen molar-refractivity contribution in [2.45, 2.75) is 89.0 Å². The van der Waals surface area contributed by atoms with Crippen molar-refractivity contribution in [3.05, 3.63) is 0 Å². The molecule has 0 aliphatic carbocycles. The Hall–Kier alpha value is 1.12. The molecule has 0 aromatic rings. The average Bonchev–Trinajstić information content (AvgIpc) is 2.39. The van der Waals surface area contributed by atoms with Crippen molar-refractivity contribution in [1.29, 1.82) is 0 Å². The van der Waals surface area contributed by atoms with Gasteiger partial charge in [-0.25, -0.2) is 0 Å². The predicted molar refractivity (Wildman–Crippen MR) is 90.9 cm³/mol. The van der Waals surface area contributed by atoms with Gasteiger partial charge < -0.3 is 0 Å². The Morgan fingerprint density at radius 2 is 1.17 bits per heavy atom. The minimum atomic E-state index is -1.11. The van der Waals surface area contributed by atoms with Crippen molar-refractivity contribution in [1.82, 2.24) is 0 Å². The van der Waals surface area contributed by atoms with Crippen LogP contribution in [0.1, 0.15) is 79.1 Å². The standard InChI is InChI=1S/2C8H17.BrH.Ga/c2*1-4-6-7-8(3)5-2;;/h2*8H,3-7H2,1-2H3;1H;/q;;;+1/p-1. The Bertz CT molecular complexity index is 154. The summed E-state index contributed by atoms with van der Waals surface area (Å²) in [5.74, 6) is 2.05. The molecule has 0 fully saturated rings. The van der Waals surface area contributed by atoms with E-state index in [0.717, 1.165) is 11.8 Å². The van der Waals surface area contributed by atoms with Crippen LogP contribution in [0.15, 0.2) is 0 Å². The van der Waals surface area contributed by atoms with E-state index in [9.17, 15) is 0 Å². The summed E-state index contributed by atoms with van der Waals surface area (Å²) >= 11 is 3.02. The molecule has 0 aromatic carbocycles. The Morgan fingerprint density at radius 3 is 1.44 bits per heavy atom. The van der Waals surface area contributed by atoms with E-state index in [1.807, 2.05) is 0 Å². The van der Waals surface area contributed by atoms with Gasteiger partial charge in [0.1, 0.15) is 0 Å². The molecular formula is C16H34BrGa. The average molecular weight is 376 g/mol. The van der Waals surface area contributed by atoms with E-state index >= 15 is 0 Å². The van der Waals surface area contributed by atoms with Gasteiger partial charge in [0.05, 0.1) is 0 Å². The molecule has 0 aliphatic heterocycles. The summed E-state index contributed by atoms with van der Waals surface area (Å²) in [7, 11) is 0. The summed E-state index contributed by atoms with van der Waals surface area (Å²) in [5, 5.41) is 0.